The lowest BCUT2D eigenvalue weighted by molar-refractivity contribution is -0.117. The lowest BCUT2D eigenvalue weighted by Crippen LogP contribution is -2.39. The third-order valence-corrected chi connectivity index (χ3v) is 7.04. The first-order valence-electron chi connectivity index (χ1n) is 11.8. The summed E-state index contributed by atoms with van der Waals surface area (Å²) in [5.74, 6) is 1.70. The first kappa shape index (κ1) is 22.1. The van der Waals surface area contributed by atoms with E-state index in [4.69, 9.17) is 4.42 Å². The Morgan fingerprint density at radius 1 is 1.21 bits per heavy atom. The third kappa shape index (κ3) is 4.25. The van der Waals surface area contributed by atoms with E-state index in [1.165, 1.54) is 16.6 Å². The molecule has 0 aliphatic carbocycles. The molecule has 4 heterocycles. The van der Waals surface area contributed by atoms with Crippen molar-refractivity contribution in [3.63, 3.8) is 0 Å². The van der Waals surface area contributed by atoms with Crippen molar-refractivity contribution in [2.45, 2.75) is 39.2 Å². The highest BCUT2D eigenvalue weighted by atomic mass is 16.3. The highest BCUT2D eigenvalue weighted by Crippen LogP contribution is 2.30. The minimum Gasteiger partial charge on any atom is -0.467 e. The number of hydrogen-bond donors (Lipinski definition) is 2. The Kier molecular flexibility index (Phi) is 5.99. The zero-order valence-electron chi connectivity index (χ0n) is 19.6. The molecule has 0 spiro atoms. The summed E-state index contributed by atoms with van der Waals surface area (Å²) in [6.07, 6.45) is 3.65. The van der Waals surface area contributed by atoms with E-state index in [2.05, 4.69) is 51.6 Å². The molecule has 0 unspecified atom stereocenters. The minimum absolute atomic E-state index is 0.0984. The predicted octanol–water partition coefficient (Wildman–Crippen LogP) is 4.92. The Labute approximate surface area is 199 Å². The molecule has 1 aromatic carbocycles. The summed E-state index contributed by atoms with van der Waals surface area (Å²) in [6.45, 7) is 6.38. The van der Waals surface area contributed by atoms with Crippen LogP contribution in [0.15, 0.2) is 53.1 Å². The summed E-state index contributed by atoms with van der Waals surface area (Å²) in [5, 5.41) is 14.0. The second kappa shape index (κ2) is 9.24. The number of carbonyl (C=O) groups is 1. The quantitative estimate of drug-likeness (QED) is 0.432. The van der Waals surface area contributed by atoms with E-state index in [9.17, 15) is 10.1 Å². The van der Waals surface area contributed by atoms with E-state index < -0.39 is 0 Å². The number of nitrogens with one attached hydrogen (secondary N) is 2. The molecule has 0 bridgehead atoms. The summed E-state index contributed by atoms with van der Waals surface area (Å²) in [7, 11) is 0. The number of benzene rings is 1. The van der Waals surface area contributed by atoms with Gasteiger partial charge >= 0.3 is 0 Å². The van der Waals surface area contributed by atoms with Gasteiger partial charge in [0.05, 0.1) is 24.9 Å². The lowest BCUT2D eigenvalue weighted by atomic mass is 9.93. The Bertz CT molecular complexity index is 1310. The number of likely N-dealkylation sites (tertiary alicyclic amines) is 1. The van der Waals surface area contributed by atoms with Crippen molar-refractivity contribution in [3.05, 3.63) is 77.0 Å². The van der Waals surface area contributed by atoms with Gasteiger partial charge in [-0.25, -0.2) is 0 Å². The first-order chi connectivity index (χ1) is 16.5. The molecular formula is C27H29N5O2. The average Bonchev–Trinajstić information content (AvgIpc) is 3.56. The van der Waals surface area contributed by atoms with E-state index in [-0.39, 0.29) is 5.91 Å². The monoisotopic (exact) mass is 455 g/mol. The number of nitriles is 1. The van der Waals surface area contributed by atoms with Crippen molar-refractivity contribution < 1.29 is 9.21 Å². The maximum atomic E-state index is 13.0. The number of anilines is 1. The van der Waals surface area contributed by atoms with Crippen molar-refractivity contribution in [2.75, 3.05) is 25.0 Å². The van der Waals surface area contributed by atoms with Gasteiger partial charge < -0.3 is 19.3 Å². The SMILES string of the molecule is Cc1c(C#N)c(NC(=O)CN2CCC(c3cc4ccccc4[nH]3)CC2)n(Cc2ccco2)c1C. The number of hydrogen-bond acceptors (Lipinski definition) is 4. The van der Waals surface area contributed by atoms with Crippen molar-refractivity contribution in [1.29, 1.82) is 5.26 Å². The van der Waals surface area contributed by atoms with Crippen LogP contribution in [0.4, 0.5) is 5.82 Å². The molecule has 0 saturated carbocycles. The van der Waals surface area contributed by atoms with Crippen LogP contribution in [0.3, 0.4) is 0 Å². The van der Waals surface area contributed by atoms with E-state index in [0.29, 0.717) is 30.4 Å². The van der Waals surface area contributed by atoms with E-state index >= 15 is 0 Å². The summed E-state index contributed by atoms with van der Waals surface area (Å²) in [6, 6.07) is 16.6. The van der Waals surface area contributed by atoms with Crippen LogP contribution in [-0.2, 0) is 11.3 Å². The maximum absolute atomic E-state index is 13.0. The largest absolute Gasteiger partial charge is 0.467 e. The number of furan rings is 1. The predicted molar refractivity (Wildman–Crippen MR) is 132 cm³/mol. The number of H-pyrrole nitrogens is 1. The lowest BCUT2D eigenvalue weighted by Gasteiger charge is -2.31. The van der Waals surface area contributed by atoms with Crippen LogP contribution in [0.2, 0.25) is 0 Å². The number of fused-ring (bicyclic) bond motifs is 1. The second-order valence-electron chi connectivity index (χ2n) is 9.12. The van der Waals surface area contributed by atoms with Gasteiger partial charge in [0.15, 0.2) is 0 Å². The van der Waals surface area contributed by atoms with Crippen molar-refractivity contribution in [2.24, 2.45) is 0 Å². The van der Waals surface area contributed by atoms with Crippen LogP contribution in [0.1, 0.15) is 47.0 Å². The number of carbonyl (C=O) groups excluding carboxylic acids is 1. The van der Waals surface area contributed by atoms with Gasteiger partial charge in [-0.05, 0) is 75.0 Å². The first-order valence-corrected chi connectivity index (χ1v) is 11.8. The molecule has 3 aromatic heterocycles. The van der Waals surface area contributed by atoms with Gasteiger partial charge in [0.2, 0.25) is 5.91 Å². The maximum Gasteiger partial charge on any atom is 0.239 e. The molecule has 34 heavy (non-hydrogen) atoms. The second-order valence-corrected chi connectivity index (χ2v) is 9.12. The van der Waals surface area contributed by atoms with Crippen molar-refractivity contribution in [1.82, 2.24) is 14.5 Å². The van der Waals surface area contributed by atoms with Crippen LogP contribution >= 0.6 is 0 Å². The number of aromatic nitrogens is 2. The minimum atomic E-state index is -0.0984. The van der Waals surface area contributed by atoms with Crippen LogP contribution in [0.25, 0.3) is 10.9 Å². The fourth-order valence-corrected chi connectivity index (χ4v) is 4.98. The normalized spacial score (nSPS) is 15.0. The topological polar surface area (TPSA) is 90.0 Å². The van der Waals surface area contributed by atoms with E-state index in [0.717, 1.165) is 42.9 Å². The number of aromatic amines is 1. The molecule has 174 valence electrons. The van der Waals surface area contributed by atoms with Gasteiger partial charge in [-0.2, -0.15) is 5.26 Å². The molecule has 5 rings (SSSR count). The standard InChI is InChI=1S/C27H29N5O2/c1-18-19(2)32(16-22-7-5-13-34-22)27(23(18)15-28)30-26(33)17-31-11-9-20(10-12-31)25-14-21-6-3-4-8-24(21)29-25/h3-8,13-14,20,29H,9-12,16-17H2,1-2H3,(H,30,33). The highest BCUT2D eigenvalue weighted by molar-refractivity contribution is 5.93. The van der Waals surface area contributed by atoms with Gasteiger partial charge in [-0.15, -0.1) is 0 Å². The summed E-state index contributed by atoms with van der Waals surface area (Å²) >= 11 is 0. The van der Waals surface area contributed by atoms with Gasteiger partial charge in [0.1, 0.15) is 17.6 Å². The Morgan fingerprint density at radius 2 is 2.00 bits per heavy atom. The Balaban J connectivity index is 1.23. The van der Waals surface area contributed by atoms with E-state index in [1.807, 2.05) is 30.5 Å². The molecule has 4 aromatic rings. The zero-order valence-corrected chi connectivity index (χ0v) is 19.6. The van der Waals surface area contributed by atoms with Crippen LogP contribution in [0, 0.1) is 25.2 Å². The number of rotatable bonds is 6. The summed E-state index contributed by atoms with van der Waals surface area (Å²) < 4.78 is 7.45. The molecule has 0 radical (unpaired) electrons. The molecule has 1 aliphatic heterocycles. The molecule has 1 amide bonds. The smallest absolute Gasteiger partial charge is 0.239 e. The molecule has 1 saturated heterocycles. The van der Waals surface area contributed by atoms with Gasteiger partial charge in [-0.1, -0.05) is 18.2 Å². The van der Waals surface area contributed by atoms with Crippen LogP contribution < -0.4 is 5.32 Å². The fraction of sp³-hybridized carbons (Fsp3) is 0.333. The van der Waals surface area contributed by atoms with Gasteiger partial charge in [-0.3, -0.25) is 9.69 Å². The number of amides is 1. The summed E-state index contributed by atoms with van der Waals surface area (Å²) in [5.41, 5.74) is 4.79. The van der Waals surface area contributed by atoms with Crippen molar-refractivity contribution >= 4 is 22.6 Å². The average molecular weight is 456 g/mol. The number of para-hydroxylation sites is 1. The molecule has 0 atom stereocenters. The zero-order chi connectivity index (χ0) is 23.7. The van der Waals surface area contributed by atoms with Crippen LogP contribution in [-0.4, -0.2) is 40.0 Å². The van der Waals surface area contributed by atoms with Gasteiger partial charge in [0.25, 0.3) is 0 Å². The van der Waals surface area contributed by atoms with Crippen LogP contribution in [0.5, 0.6) is 0 Å². The molecule has 7 heteroatoms. The number of piperidine rings is 1. The third-order valence-electron chi connectivity index (χ3n) is 7.04. The fourth-order valence-electron chi connectivity index (χ4n) is 4.98. The van der Waals surface area contributed by atoms with Crippen molar-refractivity contribution in [3.8, 4) is 6.07 Å². The highest BCUT2D eigenvalue weighted by Gasteiger charge is 2.25. The van der Waals surface area contributed by atoms with Gasteiger partial charge in [0, 0.05) is 22.8 Å². The Hall–Kier alpha value is -3.76. The molecule has 1 aliphatic rings. The van der Waals surface area contributed by atoms with E-state index in [1.54, 1.807) is 6.26 Å². The molecule has 2 N–H and O–H groups in total. The number of nitrogens with zero attached hydrogens (tertiary/aromatic N) is 3. The molecule has 1 fully saturated rings. The summed E-state index contributed by atoms with van der Waals surface area (Å²) in [4.78, 5) is 18.7. The molecule has 7 nitrogen and oxygen atoms in total. The molecular weight excluding hydrogens is 426 g/mol. The Morgan fingerprint density at radius 3 is 2.71 bits per heavy atom.